The fourth-order valence-corrected chi connectivity index (χ4v) is 8.68. The van der Waals surface area contributed by atoms with Crippen molar-refractivity contribution < 1.29 is 28.7 Å². The molecular weight excluding hydrogens is 771 g/mol. The average Bonchev–Trinajstić information content (AvgIpc) is 4.14. The Balaban J connectivity index is 0.943. The zero-order chi connectivity index (χ0) is 42.6. The maximum Gasteiger partial charge on any atom is 0.407 e. The number of likely N-dealkylation sites (tertiary alicyclic amines) is 2. The number of imidazole rings is 1. The maximum absolute atomic E-state index is 14.0. The van der Waals surface area contributed by atoms with Crippen LogP contribution in [0, 0.1) is 5.92 Å². The van der Waals surface area contributed by atoms with Crippen LogP contribution in [-0.2, 0) is 19.1 Å². The van der Waals surface area contributed by atoms with Gasteiger partial charge in [0.2, 0.25) is 11.8 Å². The number of fused-ring (bicyclic) bond motifs is 1. The first-order valence-electron chi connectivity index (χ1n) is 20.9. The third-order valence-electron chi connectivity index (χ3n) is 11.9. The molecule has 4 atom stereocenters. The number of aromatic amines is 2. The van der Waals surface area contributed by atoms with E-state index in [2.05, 4.69) is 93.4 Å². The topological polar surface area (TPSA) is 162 Å². The summed E-state index contributed by atoms with van der Waals surface area (Å²) in [6.07, 6.45) is 3.84. The molecule has 2 fully saturated rings. The van der Waals surface area contributed by atoms with Gasteiger partial charge in [-0.15, -0.1) is 0 Å². The molecule has 314 valence electrons. The lowest BCUT2D eigenvalue weighted by Gasteiger charge is -2.30. The Morgan fingerprint density at radius 2 is 1.26 bits per heavy atom. The fourth-order valence-electron chi connectivity index (χ4n) is 8.68. The monoisotopic (exact) mass is 821 g/mol. The second-order valence-corrected chi connectivity index (χ2v) is 16.1. The molecule has 2 saturated heterocycles. The molecule has 0 aliphatic carbocycles. The van der Waals surface area contributed by atoms with E-state index in [0.29, 0.717) is 18.7 Å². The number of nitrogens with one attached hydrogen (secondary N) is 4. The molecule has 13 heteroatoms. The van der Waals surface area contributed by atoms with Crippen molar-refractivity contribution in [2.45, 2.75) is 63.7 Å². The first kappa shape index (κ1) is 40.9. The Morgan fingerprint density at radius 3 is 1.95 bits per heavy atom. The number of methoxy groups -OCH3 is 2. The zero-order valence-electron chi connectivity index (χ0n) is 34.8. The minimum Gasteiger partial charge on any atom is -0.453 e. The van der Waals surface area contributed by atoms with Gasteiger partial charge in [0, 0.05) is 24.5 Å². The van der Waals surface area contributed by atoms with Gasteiger partial charge in [-0.2, -0.15) is 0 Å². The van der Waals surface area contributed by atoms with Crippen molar-refractivity contribution in [3.63, 3.8) is 0 Å². The lowest BCUT2D eigenvalue weighted by Crippen LogP contribution is -2.51. The van der Waals surface area contributed by atoms with Crippen LogP contribution in [0.5, 0.6) is 0 Å². The number of alkyl carbamates (subject to hydrolysis) is 2. The Bertz CT molecular complexity index is 2530. The third-order valence-corrected chi connectivity index (χ3v) is 11.9. The van der Waals surface area contributed by atoms with E-state index in [4.69, 9.17) is 14.5 Å². The van der Waals surface area contributed by atoms with Gasteiger partial charge in [-0.05, 0) is 94.5 Å². The highest BCUT2D eigenvalue weighted by Gasteiger charge is 2.38. The number of nitrogens with zero attached hydrogens (tertiary/aromatic N) is 3. The summed E-state index contributed by atoms with van der Waals surface area (Å²) < 4.78 is 9.62. The second kappa shape index (κ2) is 17.8. The minimum atomic E-state index is -0.854. The smallest absolute Gasteiger partial charge is 0.407 e. The van der Waals surface area contributed by atoms with Crippen LogP contribution in [0.1, 0.15) is 74.7 Å². The van der Waals surface area contributed by atoms with Gasteiger partial charge in [-0.25, -0.2) is 14.6 Å². The number of amides is 4. The van der Waals surface area contributed by atoms with Crippen molar-refractivity contribution in [3.8, 4) is 33.6 Å². The number of hydrogen-bond acceptors (Lipinski definition) is 7. The van der Waals surface area contributed by atoms with E-state index in [1.165, 1.54) is 14.2 Å². The number of carbonyl (C=O) groups is 4. The van der Waals surface area contributed by atoms with E-state index in [9.17, 15) is 19.2 Å². The van der Waals surface area contributed by atoms with Crippen LogP contribution in [0.3, 0.4) is 0 Å². The molecule has 0 saturated carbocycles. The molecule has 0 bridgehead atoms. The van der Waals surface area contributed by atoms with Crippen LogP contribution in [0.4, 0.5) is 9.59 Å². The van der Waals surface area contributed by atoms with Gasteiger partial charge in [0.15, 0.2) is 0 Å². The summed E-state index contributed by atoms with van der Waals surface area (Å²) in [5, 5.41) is 7.67. The quantitative estimate of drug-likeness (QED) is 0.102. The van der Waals surface area contributed by atoms with Crippen LogP contribution in [0.25, 0.3) is 44.4 Å². The molecule has 4 unspecified atom stereocenters. The molecule has 2 aliphatic heterocycles. The summed E-state index contributed by atoms with van der Waals surface area (Å²) in [5.74, 6) is 0.317. The fraction of sp³-hybridized carbons (Fsp3) is 0.312. The van der Waals surface area contributed by atoms with Gasteiger partial charge in [-0.1, -0.05) is 92.7 Å². The minimum absolute atomic E-state index is 0.105. The maximum atomic E-state index is 14.0. The molecule has 4 N–H and O–H groups in total. The molecule has 0 spiro atoms. The lowest BCUT2D eigenvalue weighted by atomic mass is 9.98. The molecule has 4 amide bonds. The molecule has 8 rings (SSSR count). The average molecular weight is 822 g/mol. The van der Waals surface area contributed by atoms with Gasteiger partial charge in [0.25, 0.3) is 0 Å². The largest absolute Gasteiger partial charge is 0.453 e. The SMILES string of the molecule is COC(=O)NC(C(=O)N1CCCC1c1ccc(-c2ccc3cc(-c4ccc(-c5cnc(C6CCCN6C(=O)C(NC(=O)OC)C(C)C)[nH]5)cc4)ccc3c2)[nH]1)c1ccccc1. The highest BCUT2D eigenvalue weighted by Crippen LogP contribution is 2.37. The first-order valence-corrected chi connectivity index (χ1v) is 20.9. The molecule has 2 aromatic heterocycles. The molecule has 6 aromatic rings. The Labute approximate surface area is 354 Å². The van der Waals surface area contributed by atoms with Gasteiger partial charge >= 0.3 is 12.2 Å². The Kier molecular flexibility index (Phi) is 11.9. The summed E-state index contributed by atoms with van der Waals surface area (Å²) in [6.45, 7) is 5.00. The lowest BCUT2D eigenvalue weighted by molar-refractivity contribution is -0.135. The predicted molar refractivity (Wildman–Crippen MR) is 233 cm³/mol. The molecule has 61 heavy (non-hydrogen) atoms. The van der Waals surface area contributed by atoms with E-state index in [-0.39, 0.29) is 29.8 Å². The van der Waals surface area contributed by atoms with Crippen molar-refractivity contribution in [2.24, 2.45) is 5.92 Å². The number of benzene rings is 4. The van der Waals surface area contributed by atoms with Crippen molar-refractivity contribution in [1.82, 2.24) is 35.4 Å². The summed E-state index contributed by atoms with van der Waals surface area (Å²) in [6, 6.07) is 32.7. The van der Waals surface area contributed by atoms with E-state index < -0.39 is 24.3 Å². The molecule has 4 aromatic carbocycles. The van der Waals surface area contributed by atoms with Gasteiger partial charge in [-0.3, -0.25) is 9.59 Å². The Morgan fingerprint density at radius 1 is 0.656 bits per heavy atom. The normalized spacial score (nSPS) is 17.3. The van der Waals surface area contributed by atoms with E-state index >= 15 is 0 Å². The van der Waals surface area contributed by atoms with Gasteiger partial charge in [0.05, 0.1) is 38.2 Å². The van der Waals surface area contributed by atoms with Gasteiger partial charge < -0.3 is 39.9 Å². The molecule has 2 aliphatic rings. The number of H-pyrrole nitrogens is 2. The van der Waals surface area contributed by atoms with Crippen molar-refractivity contribution in [3.05, 3.63) is 126 Å². The summed E-state index contributed by atoms with van der Waals surface area (Å²) in [4.78, 5) is 67.2. The van der Waals surface area contributed by atoms with E-state index in [0.717, 1.165) is 81.6 Å². The van der Waals surface area contributed by atoms with Crippen LogP contribution in [-0.4, -0.2) is 82.1 Å². The molecule has 4 heterocycles. The number of hydrogen-bond donors (Lipinski definition) is 4. The summed E-state index contributed by atoms with van der Waals surface area (Å²) in [7, 11) is 2.59. The van der Waals surface area contributed by atoms with E-state index in [1.807, 2.05) is 60.2 Å². The number of rotatable bonds is 11. The first-order chi connectivity index (χ1) is 29.6. The molecule has 0 radical (unpaired) electrons. The highest BCUT2D eigenvalue weighted by atomic mass is 16.5. The Hall–Kier alpha value is -6.89. The van der Waals surface area contributed by atoms with Crippen molar-refractivity contribution >= 4 is 34.8 Å². The van der Waals surface area contributed by atoms with Crippen molar-refractivity contribution in [2.75, 3.05) is 27.3 Å². The van der Waals surface area contributed by atoms with Crippen LogP contribution < -0.4 is 10.6 Å². The molecule has 13 nitrogen and oxygen atoms in total. The van der Waals surface area contributed by atoms with Crippen molar-refractivity contribution in [1.29, 1.82) is 0 Å². The van der Waals surface area contributed by atoms with E-state index in [1.54, 1.807) is 0 Å². The van der Waals surface area contributed by atoms with Crippen LogP contribution >= 0.6 is 0 Å². The third kappa shape index (κ3) is 8.59. The van der Waals surface area contributed by atoms with Gasteiger partial charge in [0.1, 0.15) is 17.9 Å². The van der Waals surface area contributed by atoms with Crippen LogP contribution in [0.2, 0.25) is 0 Å². The highest BCUT2D eigenvalue weighted by molar-refractivity contribution is 5.91. The predicted octanol–water partition coefficient (Wildman–Crippen LogP) is 8.70. The summed E-state index contributed by atoms with van der Waals surface area (Å²) >= 11 is 0. The van der Waals surface area contributed by atoms with Crippen LogP contribution in [0.15, 0.2) is 109 Å². The second-order valence-electron chi connectivity index (χ2n) is 16.1. The number of carbonyl (C=O) groups excluding carboxylic acids is 4. The number of aromatic nitrogens is 3. The zero-order valence-corrected chi connectivity index (χ0v) is 34.8. The molecular formula is C48H51N7O6. The summed E-state index contributed by atoms with van der Waals surface area (Å²) in [5.41, 5.74) is 7.70. The number of ether oxygens (including phenoxy) is 2. The standard InChI is InChI=1S/C48H51N7O6/c1-29(2)42(52-47(58)60-3)45(56)55-25-9-13-41(55)44-49-28-39(51-44)31-16-14-30(15-17-31)33-18-19-35-27-36(21-20-34(35)26-33)37-22-23-38(50-37)40-12-8-24-54(40)46(57)43(53-48(59)61-4)32-10-6-5-7-11-32/h5-7,10-11,14-23,26-29,40-43,50H,8-9,12-13,24-25H2,1-4H3,(H,49,51)(H,52,58)(H,53,59).